The number of carboxylic acid groups (broad SMARTS) is 1. The molecule has 3 aliphatic rings. The first-order valence-corrected chi connectivity index (χ1v) is 14.3. The number of nitrogens with zero attached hydrogens (tertiary/aromatic N) is 4. The number of carbonyl (C=O) groups is 2. The second-order valence-electron chi connectivity index (χ2n) is 11.8. The van der Waals surface area contributed by atoms with Crippen LogP contribution in [0.2, 0.25) is 5.02 Å². The molecule has 1 aromatic carbocycles. The lowest BCUT2D eigenvalue weighted by Gasteiger charge is -2.32. The summed E-state index contributed by atoms with van der Waals surface area (Å²) < 4.78 is 55.6. The number of aryl methyl sites for hydroxylation is 1. The van der Waals surface area contributed by atoms with Crippen molar-refractivity contribution in [1.29, 1.82) is 0 Å². The van der Waals surface area contributed by atoms with Crippen LogP contribution in [-0.4, -0.2) is 89.0 Å². The van der Waals surface area contributed by atoms with Gasteiger partial charge in [-0.1, -0.05) is 17.7 Å². The number of likely N-dealkylation sites (tertiary alicyclic amines) is 2. The van der Waals surface area contributed by atoms with Gasteiger partial charge in [-0.2, -0.15) is 0 Å². The number of aromatic nitrogens is 1. The van der Waals surface area contributed by atoms with E-state index in [9.17, 15) is 19.1 Å². The predicted molar refractivity (Wildman–Crippen MR) is 150 cm³/mol. The number of aliphatic carboxylic acids is 1. The van der Waals surface area contributed by atoms with E-state index in [0.29, 0.717) is 17.0 Å². The van der Waals surface area contributed by atoms with Crippen molar-refractivity contribution in [3.8, 4) is 0 Å². The van der Waals surface area contributed by atoms with Crippen LogP contribution < -0.4 is 5.32 Å². The third-order valence-corrected chi connectivity index (χ3v) is 8.52. The molecule has 14 heteroatoms. The number of hydrogen-bond donors (Lipinski definition) is 2. The van der Waals surface area contributed by atoms with Gasteiger partial charge in [0, 0.05) is 48.5 Å². The molecule has 3 unspecified atom stereocenters. The van der Waals surface area contributed by atoms with Crippen molar-refractivity contribution in [2.45, 2.75) is 45.7 Å². The summed E-state index contributed by atoms with van der Waals surface area (Å²) in [5, 5.41) is 12.7. The summed E-state index contributed by atoms with van der Waals surface area (Å²) in [6.07, 6.45) is 1.23. The lowest BCUT2D eigenvalue weighted by molar-refractivity contribution is -0.148. The number of aliphatic imine (C=N–C) groups is 1. The number of fused-ring (bicyclic) bond motifs is 1. The Labute approximate surface area is 251 Å². The largest absolute Gasteiger partial charge is 0.481 e. The normalized spacial score (nSPS) is 24.1. The highest BCUT2D eigenvalue weighted by Crippen LogP contribution is 2.44. The number of amidine groups is 1. The van der Waals surface area contributed by atoms with Gasteiger partial charge in [0.2, 0.25) is 0 Å². The van der Waals surface area contributed by atoms with Gasteiger partial charge in [-0.05, 0) is 39.8 Å². The van der Waals surface area contributed by atoms with Gasteiger partial charge in [-0.25, -0.2) is 22.9 Å². The molecule has 2 saturated heterocycles. The second kappa shape index (κ2) is 11.6. The van der Waals surface area contributed by atoms with Crippen molar-refractivity contribution < 1.29 is 37.0 Å². The molecule has 0 aliphatic carbocycles. The van der Waals surface area contributed by atoms with Crippen LogP contribution in [0.4, 0.5) is 13.2 Å². The third kappa shape index (κ3) is 6.02. The van der Waals surface area contributed by atoms with E-state index < -0.39 is 53.6 Å². The van der Waals surface area contributed by atoms with Crippen LogP contribution in [0.25, 0.3) is 0 Å². The molecule has 0 spiro atoms. The van der Waals surface area contributed by atoms with Crippen molar-refractivity contribution in [1.82, 2.24) is 20.1 Å². The molecule has 0 saturated carbocycles. The Balaban J connectivity index is 1.55. The molecule has 5 rings (SSSR count). The molecule has 43 heavy (non-hydrogen) atoms. The zero-order valence-electron chi connectivity index (χ0n) is 24.2. The molecule has 4 heterocycles. The first kappa shape index (κ1) is 31.0. The summed E-state index contributed by atoms with van der Waals surface area (Å²) in [6, 6.07) is 2.04. The van der Waals surface area contributed by atoms with Crippen LogP contribution in [0, 0.1) is 24.1 Å². The molecule has 0 radical (unpaired) electrons. The number of halogens is 4. The van der Waals surface area contributed by atoms with E-state index in [1.807, 2.05) is 0 Å². The molecule has 2 N–H and O–H groups in total. The third-order valence-electron chi connectivity index (χ3n) is 8.20. The maximum Gasteiger partial charge on any atom is 0.338 e. The highest BCUT2D eigenvalue weighted by molar-refractivity contribution is 6.31. The zero-order chi connectivity index (χ0) is 31.3. The van der Waals surface area contributed by atoms with Gasteiger partial charge < -0.3 is 24.5 Å². The molecule has 3 aliphatic heterocycles. The number of oxazole rings is 1. The number of carbonyl (C=O) groups excluding carboxylic acids is 1. The van der Waals surface area contributed by atoms with Crippen LogP contribution in [0.15, 0.2) is 45.3 Å². The summed E-state index contributed by atoms with van der Waals surface area (Å²) >= 11 is 6.44. The molecule has 3 atom stereocenters. The Bertz CT molecular complexity index is 1490. The minimum Gasteiger partial charge on any atom is -0.481 e. The summed E-state index contributed by atoms with van der Waals surface area (Å²) in [5.41, 5.74) is -0.149. The summed E-state index contributed by atoms with van der Waals surface area (Å²) in [7, 11) is 0. The number of rotatable bonds is 9. The molecular formula is C29H33ClF3N5O5. The SMILES string of the molecule is CCOC(=O)C1=C(CN2CC(F)(F)C3CN(CC(C)(C)C(=O)O)CC32)NC(c2ncoc2C)=NC1c1ccc(F)cc1Cl. The minimum absolute atomic E-state index is 0.0215. The number of esters is 1. The Kier molecular flexibility index (Phi) is 8.36. The van der Waals surface area contributed by atoms with Crippen molar-refractivity contribution in [2.75, 3.05) is 39.3 Å². The standard InChI is InChI=1S/C29H33ClF3N5O5/c1-5-42-26(39)22-20(10-38-13-29(32,33)18-9-37(11-21(18)38)12-28(3,4)27(40)41)35-25(23-15(2)43-14-34-23)36-24(22)17-7-6-16(31)8-19(17)30/h6-8,14,18,21,24H,5,9-13H2,1-4H3,(H,35,36)(H,40,41). The number of nitrogens with one attached hydrogen (secondary N) is 1. The van der Waals surface area contributed by atoms with Gasteiger partial charge in [0.05, 0.1) is 30.1 Å². The quantitative estimate of drug-likeness (QED) is 0.399. The van der Waals surface area contributed by atoms with E-state index in [4.69, 9.17) is 25.7 Å². The monoisotopic (exact) mass is 623 g/mol. The molecule has 2 fully saturated rings. The highest BCUT2D eigenvalue weighted by atomic mass is 35.5. The van der Waals surface area contributed by atoms with Crippen molar-refractivity contribution >= 4 is 29.4 Å². The van der Waals surface area contributed by atoms with Gasteiger partial charge >= 0.3 is 11.9 Å². The van der Waals surface area contributed by atoms with Gasteiger partial charge in [0.25, 0.3) is 5.92 Å². The first-order valence-electron chi connectivity index (χ1n) is 13.9. The molecule has 10 nitrogen and oxygen atoms in total. The van der Waals surface area contributed by atoms with Crippen molar-refractivity contribution in [2.24, 2.45) is 16.3 Å². The zero-order valence-corrected chi connectivity index (χ0v) is 24.9. The van der Waals surface area contributed by atoms with Crippen LogP contribution in [0.3, 0.4) is 0 Å². The van der Waals surface area contributed by atoms with Crippen LogP contribution in [0.5, 0.6) is 0 Å². The lowest BCUT2D eigenvalue weighted by atomic mass is 9.93. The molecule has 0 bridgehead atoms. The number of hydrogen-bond acceptors (Lipinski definition) is 9. The summed E-state index contributed by atoms with van der Waals surface area (Å²) in [6.45, 7) is 6.21. The maximum atomic E-state index is 15.4. The highest BCUT2D eigenvalue weighted by Gasteiger charge is 2.58. The van der Waals surface area contributed by atoms with Crippen LogP contribution in [-0.2, 0) is 14.3 Å². The van der Waals surface area contributed by atoms with Crippen molar-refractivity contribution in [3.05, 3.63) is 63.7 Å². The van der Waals surface area contributed by atoms with Gasteiger partial charge in [-0.15, -0.1) is 0 Å². The molecular weight excluding hydrogens is 591 g/mol. The Morgan fingerprint density at radius 1 is 1.30 bits per heavy atom. The predicted octanol–water partition coefficient (Wildman–Crippen LogP) is 4.05. The van der Waals surface area contributed by atoms with E-state index in [2.05, 4.69) is 10.3 Å². The molecule has 0 amide bonds. The number of alkyl halides is 2. The topological polar surface area (TPSA) is 120 Å². The minimum atomic E-state index is -3.05. The number of benzene rings is 1. The molecule has 2 aromatic rings. The summed E-state index contributed by atoms with van der Waals surface area (Å²) in [5.74, 6) is -5.75. The van der Waals surface area contributed by atoms with E-state index >= 15 is 8.78 Å². The lowest BCUT2D eigenvalue weighted by Crippen LogP contribution is -2.44. The first-order chi connectivity index (χ1) is 20.2. The fourth-order valence-electron chi connectivity index (χ4n) is 6.06. The smallest absolute Gasteiger partial charge is 0.338 e. The van der Waals surface area contributed by atoms with E-state index in [0.717, 1.165) is 6.07 Å². The second-order valence-corrected chi connectivity index (χ2v) is 12.2. The van der Waals surface area contributed by atoms with Gasteiger partial charge in [0.1, 0.15) is 23.3 Å². The number of ether oxygens (including phenoxy) is 1. The van der Waals surface area contributed by atoms with Gasteiger partial charge in [0.15, 0.2) is 12.2 Å². The average molecular weight is 624 g/mol. The fourth-order valence-corrected chi connectivity index (χ4v) is 6.33. The van der Waals surface area contributed by atoms with Gasteiger partial charge in [-0.3, -0.25) is 14.7 Å². The summed E-state index contributed by atoms with van der Waals surface area (Å²) in [4.78, 5) is 37.5. The molecule has 232 valence electrons. The average Bonchev–Trinajstić information content (AvgIpc) is 3.59. The van der Waals surface area contributed by atoms with Crippen molar-refractivity contribution in [3.63, 3.8) is 0 Å². The van der Waals surface area contributed by atoms with E-state index in [-0.39, 0.29) is 54.9 Å². The maximum absolute atomic E-state index is 15.4. The molecule has 1 aromatic heterocycles. The van der Waals surface area contributed by atoms with Crippen LogP contribution >= 0.6 is 11.6 Å². The van der Waals surface area contributed by atoms with Crippen LogP contribution in [0.1, 0.15) is 43.8 Å². The number of carboxylic acids is 1. The Morgan fingerprint density at radius 3 is 2.67 bits per heavy atom. The Hall–Kier alpha value is -3.42. The Morgan fingerprint density at radius 2 is 2.05 bits per heavy atom. The van der Waals surface area contributed by atoms with E-state index in [1.165, 1.54) is 18.5 Å². The van der Waals surface area contributed by atoms with E-state index in [1.54, 1.807) is 37.5 Å². The fraction of sp³-hybridized carbons (Fsp3) is 0.517.